The highest BCUT2D eigenvalue weighted by Crippen LogP contribution is 2.45. The second kappa shape index (κ2) is 12.4. The minimum absolute atomic E-state index is 0.315. The molecule has 0 radical (unpaired) electrons. The molecule has 6 rings (SSSR count). The number of piperidine rings is 2. The number of benzene rings is 1. The highest BCUT2D eigenvalue weighted by molar-refractivity contribution is 6.32. The number of rotatable bonds is 6. The maximum atomic E-state index is 9.24. The summed E-state index contributed by atoms with van der Waals surface area (Å²) >= 11 is 6.36. The Morgan fingerprint density at radius 3 is 2.41 bits per heavy atom. The standard InChI is InChI=1S/C33H46ClN7/c1-25-21-33(24-41(25)29-9-8-27(22-35)30(34)20-29)14-18-40(19-15-33)32-11-10-31(36-37-32)38(2)28-12-16-39(17-13-28)23-26-6-4-3-5-7-26/h8-11,20,25-26,28H,3-7,12-19,21,23-24H2,1-2H3. The van der Waals surface area contributed by atoms with Crippen LogP contribution in [0.15, 0.2) is 30.3 Å². The zero-order valence-electron chi connectivity index (χ0n) is 24.9. The van der Waals surface area contributed by atoms with Crippen molar-refractivity contribution in [2.45, 2.75) is 83.2 Å². The molecule has 0 N–H and O–H groups in total. The number of halogens is 1. The third-order valence-electron chi connectivity index (χ3n) is 10.7. The molecule has 1 unspecified atom stereocenters. The molecular weight excluding hydrogens is 530 g/mol. The van der Waals surface area contributed by atoms with Crippen molar-refractivity contribution < 1.29 is 0 Å². The second-order valence-electron chi connectivity index (χ2n) is 13.3. The first-order valence-electron chi connectivity index (χ1n) is 15.9. The second-order valence-corrected chi connectivity index (χ2v) is 13.7. The number of likely N-dealkylation sites (tertiary alicyclic amines) is 1. The minimum atomic E-state index is 0.315. The van der Waals surface area contributed by atoms with E-state index in [-0.39, 0.29) is 0 Å². The lowest BCUT2D eigenvalue weighted by Gasteiger charge is -2.40. The zero-order valence-corrected chi connectivity index (χ0v) is 25.7. The first kappa shape index (κ1) is 28.6. The van der Waals surface area contributed by atoms with Gasteiger partial charge in [0.25, 0.3) is 0 Å². The van der Waals surface area contributed by atoms with Crippen molar-refractivity contribution >= 4 is 28.9 Å². The Hall–Kier alpha value is -2.56. The van der Waals surface area contributed by atoms with Crippen LogP contribution in [-0.4, -0.2) is 73.5 Å². The van der Waals surface area contributed by atoms with E-state index in [0.717, 1.165) is 55.7 Å². The minimum Gasteiger partial charge on any atom is -0.368 e. The molecule has 1 aliphatic carbocycles. The molecule has 3 saturated heterocycles. The monoisotopic (exact) mass is 575 g/mol. The van der Waals surface area contributed by atoms with Gasteiger partial charge in [-0.25, -0.2) is 0 Å². The van der Waals surface area contributed by atoms with E-state index in [9.17, 15) is 5.26 Å². The van der Waals surface area contributed by atoms with Gasteiger partial charge in [0, 0.05) is 64.1 Å². The number of hydrogen-bond donors (Lipinski definition) is 0. The van der Waals surface area contributed by atoms with Crippen molar-refractivity contribution in [3.05, 3.63) is 40.9 Å². The van der Waals surface area contributed by atoms with Crippen molar-refractivity contribution in [1.82, 2.24) is 15.1 Å². The topological polar surface area (TPSA) is 62.5 Å². The fourth-order valence-electron chi connectivity index (χ4n) is 8.10. The molecule has 1 aromatic heterocycles. The van der Waals surface area contributed by atoms with Crippen molar-refractivity contribution in [3.63, 3.8) is 0 Å². The van der Waals surface area contributed by atoms with Gasteiger partial charge < -0.3 is 19.6 Å². The van der Waals surface area contributed by atoms with Crippen LogP contribution in [0.25, 0.3) is 0 Å². The van der Waals surface area contributed by atoms with Crippen molar-refractivity contribution in [1.29, 1.82) is 5.26 Å². The fourth-order valence-corrected chi connectivity index (χ4v) is 8.31. The average Bonchev–Trinajstić information content (AvgIpc) is 3.33. The van der Waals surface area contributed by atoms with Crippen LogP contribution >= 0.6 is 11.6 Å². The Labute approximate surface area is 251 Å². The highest BCUT2D eigenvalue weighted by Gasteiger charge is 2.44. The molecule has 0 amide bonds. The van der Waals surface area contributed by atoms with Gasteiger partial charge in [0.2, 0.25) is 0 Å². The number of anilines is 3. The van der Waals surface area contributed by atoms with Crippen LogP contribution in [0.2, 0.25) is 5.02 Å². The van der Waals surface area contributed by atoms with E-state index in [1.165, 1.54) is 71.0 Å². The molecule has 4 heterocycles. The molecule has 1 atom stereocenters. The summed E-state index contributed by atoms with van der Waals surface area (Å²) in [7, 11) is 2.20. The average molecular weight is 576 g/mol. The van der Waals surface area contributed by atoms with Crippen LogP contribution in [-0.2, 0) is 0 Å². The van der Waals surface area contributed by atoms with E-state index in [0.29, 0.717) is 28.1 Å². The molecule has 1 spiro atoms. The fraction of sp³-hybridized carbons (Fsp3) is 0.667. The van der Waals surface area contributed by atoms with E-state index in [2.05, 4.69) is 51.8 Å². The van der Waals surface area contributed by atoms with Crippen molar-refractivity contribution in [2.75, 3.05) is 61.0 Å². The summed E-state index contributed by atoms with van der Waals surface area (Å²) in [5.41, 5.74) is 1.98. The molecule has 0 bridgehead atoms. The predicted octanol–water partition coefficient (Wildman–Crippen LogP) is 6.37. The van der Waals surface area contributed by atoms with Gasteiger partial charge in [-0.15, -0.1) is 10.2 Å². The molecule has 4 aliphatic rings. The van der Waals surface area contributed by atoms with E-state index in [1.807, 2.05) is 18.2 Å². The van der Waals surface area contributed by atoms with Gasteiger partial charge in [-0.2, -0.15) is 5.26 Å². The van der Waals surface area contributed by atoms with Gasteiger partial charge in [0.05, 0.1) is 10.6 Å². The number of aromatic nitrogens is 2. The maximum Gasteiger partial charge on any atom is 0.151 e. The van der Waals surface area contributed by atoms with Crippen LogP contribution in [0.4, 0.5) is 17.3 Å². The van der Waals surface area contributed by atoms with Crippen LogP contribution in [0.3, 0.4) is 0 Å². The molecule has 4 fully saturated rings. The first-order valence-corrected chi connectivity index (χ1v) is 16.3. The van der Waals surface area contributed by atoms with E-state index in [1.54, 1.807) is 0 Å². The molecule has 220 valence electrons. The molecule has 1 aromatic carbocycles. The molecular formula is C33H46ClN7. The third-order valence-corrected chi connectivity index (χ3v) is 11.0. The van der Waals surface area contributed by atoms with Crippen LogP contribution < -0.4 is 14.7 Å². The summed E-state index contributed by atoms with van der Waals surface area (Å²) in [5, 5.41) is 19.2. The van der Waals surface area contributed by atoms with Crippen LogP contribution in [0.5, 0.6) is 0 Å². The van der Waals surface area contributed by atoms with Gasteiger partial charge >= 0.3 is 0 Å². The predicted molar refractivity (Wildman–Crippen MR) is 168 cm³/mol. The molecule has 2 aromatic rings. The number of hydrogen-bond acceptors (Lipinski definition) is 7. The molecule has 1 saturated carbocycles. The summed E-state index contributed by atoms with van der Waals surface area (Å²) < 4.78 is 0. The number of nitrogens with zero attached hydrogens (tertiary/aromatic N) is 7. The normalized spacial score (nSPS) is 24.1. The van der Waals surface area contributed by atoms with Crippen LogP contribution in [0.1, 0.15) is 76.7 Å². The highest BCUT2D eigenvalue weighted by atomic mass is 35.5. The van der Waals surface area contributed by atoms with Gasteiger partial charge in [0.1, 0.15) is 6.07 Å². The molecule has 7 nitrogen and oxygen atoms in total. The number of nitriles is 1. The zero-order chi connectivity index (χ0) is 28.4. The van der Waals surface area contributed by atoms with Crippen molar-refractivity contribution in [2.24, 2.45) is 11.3 Å². The molecule has 3 aliphatic heterocycles. The SMILES string of the molecule is CC1CC2(CCN(c3ccc(N(C)C4CCN(CC5CCCCC5)CC4)nn3)CC2)CN1c1ccc(C#N)c(Cl)c1. The Kier molecular flexibility index (Phi) is 8.60. The summed E-state index contributed by atoms with van der Waals surface area (Å²) in [6, 6.07) is 13.4. The van der Waals surface area contributed by atoms with E-state index in [4.69, 9.17) is 21.8 Å². The van der Waals surface area contributed by atoms with E-state index < -0.39 is 0 Å². The Morgan fingerprint density at radius 1 is 1.00 bits per heavy atom. The van der Waals surface area contributed by atoms with Crippen molar-refractivity contribution in [3.8, 4) is 6.07 Å². The lowest BCUT2D eigenvalue weighted by molar-refractivity contribution is 0.163. The Bertz CT molecular complexity index is 1210. The summed E-state index contributed by atoms with van der Waals surface area (Å²) in [4.78, 5) is 9.97. The van der Waals surface area contributed by atoms with E-state index >= 15 is 0 Å². The lowest BCUT2D eigenvalue weighted by atomic mass is 9.77. The quantitative estimate of drug-likeness (QED) is 0.396. The van der Waals surface area contributed by atoms with Gasteiger partial charge in [-0.05, 0) is 93.5 Å². The summed E-state index contributed by atoms with van der Waals surface area (Å²) in [6.45, 7) is 9.11. The maximum absolute atomic E-state index is 9.24. The molecule has 41 heavy (non-hydrogen) atoms. The summed E-state index contributed by atoms with van der Waals surface area (Å²) in [6.07, 6.45) is 13.1. The van der Waals surface area contributed by atoms with Gasteiger partial charge in [-0.1, -0.05) is 30.9 Å². The first-order chi connectivity index (χ1) is 19.9. The largest absolute Gasteiger partial charge is 0.368 e. The van der Waals surface area contributed by atoms with Gasteiger partial charge in [0.15, 0.2) is 11.6 Å². The lowest BCUT2D eigenvalue weighted by Crippen LogP contribution is -2.45. The summed E-state index contributed by atoms with van der Waals surface area (Å²) in [5.74, 6) is 2.93. The third kappa shape index (κ3) is 6.29. The Morgan fingerprint density at radius 2 is 1.76 bits per heavy atom. The van der Waals surface area contributed by atoms with Crippen LogP contribution in [0, 0.1) is 22.7 Å². The smallest absolute Gasteiger partial charge is 0.151 e. The Balaban J connectivity index is 0.997. The molecule has 8 heteroatoms. The van der Waals surface area contributed by atoms with Gasteiger partial charge in [-0.3, -0.25) is 0 Å².